The third-order valence-electron chi connectivity index (χ3n) is 10.6. The van der Waals surface area contributed by atoms with Gasteiger partial charge in [0.2, 0.25) is 0 Å². The van der Waals surface area contributed by atoms with Crippen molar-refractivity contribution in [1.82, 2.24) is 0 Å². The largest absolute Gasteiger partial charge is 0.462 e. The van der Waals surface area contributed by atoms with Crippen LogP contribution in [0.15, 0.2) is 0 Å². The molecule has 0 aliphatic carbocycles. The molecule has 0 aromatic heterocycles. The van der Waals surface area contributed by atoms with E-state index >= 15 is 0 Å². The van der Waals surface area contributed by atoms with Gasteiger partial charge in [0.15, 0.2) is 6.10 Å². The standard InChI is InChI=1S/C48H92O6/c1-42(2)34-28-22-16-11-9-7-8-10-12-19-25-31-37-46(49)52-40-45(54-48(51)39-33-27-21-15-18-24-30-36-44(5)6)41-53-47(50)38-32-26-20-14-13-17-23-29-35-43(3)4/h42-45H,7-41H2,1-6H3/t45-/m1/s1. The summed E-state index contributed by atoms with van der Waals surface area (Å²) in [5.74, 6) is 1.54. The van der Waals surface area contributed by atoms with Crippen molar-refractivity contribution in [3.05, 3.63) is 0 Å². The molecule has 0 amide bonds. The molecule has 0 aromatic rings. The lowest BCUT2D eigenvalue weighted by Crippen LogP contribution is -2.30. The summed E-state index contributed by atoms with van der Waals surface area (Å²) in [6, 6.07) is 0. The Morgan fingerprint density at radius 2 is 0.537 bits per heavy atom. The van der Waals surface area contributed by atoms with Crippen molar-refractivity contribution in [3.63, 3.8) is 0 Å². The zero-order valence-electron chi connectivity index (χ0n) is 37.0. The topological polar surface area (TPSA) is 78.9 Å². The second-order valence-electron chi connectivity index (χ2n) is 17.8. The molecule has 0 rings (SSSR count). The number of hydrogen-bond donors (Lipinski definition) is 0. The minimum absolute atomic E-state index is 0.0663. The predicted molar refractivity (Wildman–Crippen MR) is 229 cm³/mol. The molecule has 0 aromatic carbocycles. The van der Waals surface area contributed by atoms with Gasteiger partial charge in [-0.25, -0.2) is 0 Å². The van der Waals surface area contributed by atoms with Crippen LogP contribution in [0.3, 0.4) is 0 Å². The van der Waals surface area contributed by atoms with E-state index in [1.165, 1.54) is 135 Å². The van der Waals surface area contributed by atoms with Crippen molar-refractivity contribution >= 4 is 17.9 Å². The number of hydrogen-bond acceptors (Lipinski definition) is 6. The Morgan fingerprint density at radius 3 is 0.796 bits per heavy atom. The van der Waals surface area contributed by atoms with Gasteiger partial charge in [0.1, 0.15) is 13.2 Å². The summed E-state index contributed by atoms with van der Waals surface area (Å²) < 4.78 is 16.7. The van der Waals surface area contributed by atoms with Gasteiger partial charge < -0.3 is 14.2 Å². The van der Waals surface area contributed by atoms with Gasteiger partial charge in [0, 0.05) is 19.3 Å². The summed E-state index contributed by atoms with van der Waals surface area (Å²) in [5, 5.41) is 0. The maximum atomic E-state index is 12.7. The summed E-state index contributed by atoms with van der Waals surface area (Å²) in [6.07, 6.45) is 36.7. The zero-order valence-corrected chi connectivity index (χ0v) is 37.0. The van der Waals surface area contributed by atoms with Crippen LogP contribution in [0, 0.1) is 17.8 Å². The number of ether oxygens (including phenoxy) is 3. The van der Waals surface area contributed by atoms with Crippen molar-refractivity contribution in [2.75, 3.05) is 13.2 Å². The number of carbonyl (C=O) groups is 3. The average Bonchev–Trinajstić information content (AvgIpc) is 3.12. The first kappa shape index (κ1) is 52.4. The van der Waals surface area contributed by atoms with Gasteiger partial charge in [-0.05, 0) is 37.0 Å². The van der Waals surface area contributed by atoms with E-state index in [2.05, 4.69) is 41.5 Å². The van der Waals surface area contributed by atoms with Crippen molar-refractivity contribution in [1.29, 1.82) is 0 Å². The monoisotopic (exact) mass is 765 g/mol. The average molecular weight is 765 g/mol. The van der Waals surface area contributed by atoms with Crippen molar-refractivity contribution in [2.24, 2.45) is 17.8 Å². The maximum absolute atomic E-state index is 12.7. The lowest BCUT2D eigenvalue weighted by Gasteiger charge is -2.18. The van der Waals surface area contributed by atoms with Crippen LogP contribution in [0.1, 0.15) is 253 Å². The lowest BCUT2D eigenvalue weighted by molar-refractivity contribution is -0.167. The molecule has 320 valence electrons. The fraction of sp³-hybridized carbons (Fsp3) is 0.938. The molecule has 0 bridgehead atoms. The second kappa shape index (κ2) is 39.6. The SMILES string of the molecule is CC(C)CCCCCCCCCCCCCCC(=O)OC[C@H](COC(=O)CCCCCCCCCCC(C)C)OC(=O)CCCCCCCCCC(C)C. The van der Waals surface area contributed by atoms with Gasteiger partial charge in [0.05, 0.1) is 0 Å². The van der Waals surface area contributed by atoms with Crippen LogP contribution >= 0.6 is 0 Å². The van der Waals surface area contributed by atoms with E-state index < -0.39 is 6.10 Å². The van der Waals surface area contributed by atoms with E-state index in [0.29, 0.717) is 19.3 Å². The molecule has 1 atom stereocenters. The molecular formula is C48H92O6. The normalized spacial score (nSPS) is 12.2. The minimum Gasteiger partial charge on any atom is -0.462 e. The van der Waals surface area contributed by atoms with Crippen LogP contribution in [0.25, 0.3) is 0 Å². The van der Waals surface area contributed by atoms with Crippen molar-refractivity contribution in [3.8, 4) is 0 Å². The number of esters is 3. The fourth-order valence-electron chi connectivity index (χ4n) is 7.06. The Hall–Kier alpha value is -1.59. The minimum atomic E-state index is -0.762. The van der Waals surface area contributed by atoms with E-state index in [4.69, 9.17) is 14.2 Å². The van der Waals surface area contributed by atoms with E-state index in [9.17, 15) is 14.4 Å². The van der Waals surface area contributed by atoms with Crippen LogP contribution in [0.2, 0.25) is 0 Å². The Labute approximate surface area is 336 Å². The summed E-state index contributed by atoms with van der Waals surface area (Å²) in [4.78, 5) is 37.7. The first-order valence-electron chi connectivity index (χ1n) is 23.6. The third-order valence-corrected chi connectivity index (χ3v) is 10.6. The molecule has 0 unspecified atom stereocenters. The van der Waals surface area contributed by atoms with Crippen LogP contribution in [-0.4, -0.2) is 37.2 Å². The molecule has 0 aliphatic rings. The summed E-state index contributed by atoms with van der Waals surface area (Å²) in [6.45, 7) is 13.6. The van der Waals surface area contributed by atoms with Crippen LogP contribution in [-0.2, 0) is 28.6 Å². The lowest BCUT2D eigenvalue weighted by atomic mass is 10.0. The highest BCUT2D eigenvalue weighted by atomic mass is 16.6. The number of unbranched alkanes of at least 4 members (excludes halogenated alkanes) is 24. The second-order valence-corrected chi connectivity index (χ2v) is 17.8. The van der Waals surface area contributed by atoms with E-state index in [0.717, 1.165) is 75.5 Å². The summed E-state index contributed by atoms with van der Waals surface area (Å²) >= 11 is 0. The van der Waals surface area contributed by atoms with E-state index in [1.807, 2.05) is 0 Å². The molecule has 6 nitrogen and oxygen atoms in total. The fourth-order valence-corrected chi connectivity index (χ4v) is 7.06. The summed E-state index contributed by atoms with van der Waals surface area (Å²) in [7, 11) is 0. The predicted octanol–water partition coefficient (Wildman–Crippen LogP) is 14.8. The van der Waals surface area contributed by atoms with Crippen molar-refractivity contribution in [2.45, 2.75) is 260 Å². The highest BCUT2D eigenvalue weighted by molar-refractivity contribution is 5.71. The molecule has 0 saturated carbocycles. The molecule has 0 aliphatic heterocycles. The van der Waals surface area contributed by atoms with Crippen molar-refractivity contribution < 1.29 is 28.6 Å². The quantitative estimate of drug-likeness (QED) is 0.0350. The van der Waals surface area contributed by atoms with Crippen LogP contribution < -0.4 is 0 Å². The first-order valence-corrected chi connectivity index (χ1v) is 23.6. The molecular weight excluding hydrogens is 673 g/mol. The summed E-state index contributed by atoms with van der Waals surface area (Å²) in [5.41, 5.74) is 0. The molecule has 0 saturated heterocycles. The third kappa shape index (κ3) is 41.6. The molecule has 6 heteroatoms. The van der Waals surface area contributed by atoms with Gasteiger partial charge in [-0.15, -0.1) is 0 Å². The van der Waals surface area contributed by atoms with Gasteiger partial charge in [-0.2, -0.15) is 0 Å². The molecule has 54 heavy (non-hydrogen) atoms. The Bertz CT molecular complexity index is 837. The van der Waals surface area contributed by atoms with Gasteiger partial charge in [-0.1, -0.05) is 215 Å². The van der Waals surface area contributed by atoms with Crippen LogP contribution in [0.4, 0.5) is 0 Å². The first-order chi connectivity index (χ1) is 26.1. The van der Waals surface area contributed by atoms with E-state index in [1.54, 1.807) is 0 Å². The molecule has 0 N–H and O–H groups in total. The molecule has 0 radical (unpaired) electrons. The molecule has 0 heterocycles. The smallest absolute Gasteiger partial charge is 0.306 e. The van der Waals surface area contributed by atoms with Gasteiger partial charge in [-0.3, -0.25) is 14.4 Å². The van der Waals surface area contributed by atoms with E-state index in [-0.39, 0.29) is 31.1 Å². The Kier molecular flexibility index (Phi) is 38.5. The maximum Gasteiger partial charge on any atom is 0.306 e. The number of rotatable bonds is 41. The van der Waals surface area contributed by atoms with Gasteiger partial charge >= 0.3 is 17.9 Å². The zero-order chi connectivity index (χ0) is 39.9. The highest BCUT2D eigenvalue weighted by Gasteiger charge is 2.19. The number of carbonyl (C=O) groups excluding carboxylic acids is 3. The van der Waals surface area contributed by atoms with Gasteiger partial charge in [0.25, 0.3) is 0 Å². The highest BCUT2D eigenvalue weighted by Crippen LogP contribution is 2.17. The van der Waals surface area contributed by atoms with Crippen LogP contribution in [0.5, 0.6) is 0 Å². The Morgan fingerprint density at radius 1 is 0.315 bits per heavy atom. The Balaban J connectivity index is 4.30. The molecule has 0 spiro atoms. The molecule has 0 fully saturated rings.